The van der Waals surface area contributed by atoms with Gasteiger partial charge in [0.25, 0.3) is 5.56 Å². The van der Waals surface area contributed by atoms with Crippen molar-refractivity contribution in [3.8, 4) is 0 Å². The Morgan fingerprint density at radius 3 is 3.00 bits per heavy atom. The van der Waals surface area contributed by atoms with Gasteiger partial charge in [-0.25, -0.2) is 4.39 Å². The average Bonchev–Trinajstić information content (AvgIpc) is 2.85. The highest BCUT2D eigenvalue weighted by Gasteiger charge is 2.22. The van der Waals surface area contributed by atoms with Gasteiger partial charge in [0.05, 0.1) is 11.7 Å². The number of rotatable bonds is 4. The standard InChI is InChI=1S/C17H19FN2O/c1-2-9-20-11-14(5-8-17(20)21)19-16-7-3-12-10-13(18)4-6-15(12)16/h4-6,8,10-11,16,19H,2-3,7,9H2,1H3. The Morgan fingerprint density at radius 1 is 1.33 bits per heavy atom. The number of nitrogens with zero attached hydrogens (tertiary/aromatic N) is 1. The quantitative estimate of drug-likeness (QED) is 0.933. The van der Waals surface area contributed by atoms with E-state index in [1.165, 1.54) is 6.07 Å². The molecular formula is C17H19FN2O. The first-order valence-electron chi connectivity index (χ1n) is 7.42. The Bertz CT molecular complexity index is 708. The summed E-state index contributed by atoms with van der Waals surface area (Å²) in [6.45, 7) is 2.77. The zero-order valence-electron chi connectivity index (χ0n) is 12.1. The highest BCUT2D eigenvalue weighted by atomic mass is 19.1. The zero-order chi connectivity index (χ0) is 14.8. The van der Waals surface area contributed by atoms with E-state index in [0.29, 0.717) is 0 Å². The molecule has 1 aliphatic carbocycles. The molecule has 0 saturated heterocycles. The first kappa shape index (κ1) is 13.9. The lowest BCUT2D eigenvalue weighted by molar-refractivity contribution is 0.626. The number of fused-ring (bicyclic) bond motifs is 1. The predicted molar refractivity (Wildman–Crippen MR) is 82.1 cm³/mol. The van der Waals surface area contributed by atoms with Crippen LogP contribution in [0.2, 0.25) is 0 Å². The molecule has 1 aromatic carbocycles. The molecule has 3 nitrogen and oxygen atoms in total. The van der Waals surface area contributed by atoms with E-state index < -0.39 is 0 Å². The highest BCUT2D eigenvalue weighted by molar-refractivity contribution is 5.46. The van der Waals surface area contributed by atoms with Crippen molar-refractivity contribution in [2.75, 3.05) is 5.32 Å². The molecule has 1 aromatic heterocycles. The maximum Gasteiger partial charge on any atom is 0.250 e. The molecule has 4 heteroatoms. The molecule has 1 unspecified atom stereocenters. The van der Waals surface area contributed by atoms with Crippen molar-refractivity contribution in [2.24, 2.45) is 0 Å². The molecule has 0 spiro atoms. The summed E-state index contributed by atoms with van der Waals surface area (Å²) in [5.41, 5.74) is 3.19. The highest BCUT2D eigenvalue weighted by Crippen LogP contribution is 2.33. The van der Waals surface area contributed by atoms with Crippen LogP contribution in [0.4, 0.5) is 10.1 Å². The number of halogens is 1. The van der Waals surface area contributed by atoms with E-state index in [1.807, 2.05) is 25.3 Å². The molecule has 1 heterocycles. The van der Waals surface area contributed by atoms with E-state index in [2.05, 4.69) is 5.32 Å². The van der Waals surface area contributed by atoms with E-state index in [1.54, 1.807) is 16.7 Å². The lowest BCUT2D eigenvalue weighted by atomic mass is 10.1. The van der Waals surface area contributed by atoms with Crippen LogP contribution in [-0.2, 0) is 13.0 Å². The summed E-state index contributed by atoms with van der Waals surface area (Å²) >= 11 is 0. The number of anilines is 1. The van der Waals surface area contributed by atoms with Crippen LogP contribution in [0.5, 0.6) is 0 Å². The van der Waals surface area contributed by atoms with Gasteiger partial charge in [-0.15, -0.1) is 0 Å². The van der Waals surface area contributed by atoms with Gasteiger partial charge in [-0.2, -0.15) is 0 Å². The maximum atomic E-state index is 13.2. The van der Waals surface area contributed by atoms with Gasteiger partial charge in [0, 0.05) is 18.8 Å². The van der Waals surface area contributed by atoms with Crippen molar-refractivity contribution in [3.63, 3.8) is 0 Å². The van der Waals surface area contributed by atoms with E-state index >= 15 is 0 Å². The summed E-state index contributed by atoms with van der Waals surface area (Å²) < 4.78 is 15.0. The molecule has 0 saturated carbocycles. The summed E-state index contributed by atoms with van der Waals surface area (Å²) in [6, 6.07) is 8.59. The monoisotopic (exact) mass is 286 g/mol. The third-order valence-corrected chi connectivity index (χ3v) is 3.97. The number of hydrogen-bond acceptors (Lipinski definition) is 2. The molecule has 0 fully saturated rings. The Balaban J connectivity index is 1.83. The average molecular weight is 286 g/mol. The number of pyridine rings is 1. The number of aromatic nitrogens is 1. The van der Waals surface area contributed by atoms with E-state index in [-0.39, 0.29) is 17.4 Å². The molecule has 1 atom stereocenters. The van der Waals surface area contributed by atoms with Crippen molar-refractivity contribution >= 4 is 5.69 Å². The minimum absolute atomic E-state index is 0.0243. The first-order chi connectivity index (χ1) is 10.2. The largest absolute Gasteiger partial charge is 0.377 e. The Hall–Kier alpha value is -2.10. The van der Waals surface area contributed by atoms with Gasteiger partial charge in [0.2, 0.25) is 0 Å². The van der Waals surface area contributed by atoms with Gasteiger partial charge >= 0.3 is 0 Å². The van der Waals surface area contributed by atoms with Crippen LogP contribution in [0.25, 0.3) is 0 Å². The third kappa shape index (κ3) is 2.84. The van der Waals surface area contributed by atoms with Gasteiger partial charge in [-0.05, 0) is 48.6 Å². The third-order valence-electron chi connectivity index (χ3n) is 3.97. The van der Waals surface area contributed by atoms with Crippen LogP contribution in [0.3, 0.4) is 0 Å². The van der Waals surface area contributed by atoms with Crippen LogP contribution >= 0.6 is 0 Å². The molecule has 21 heavy (non-hydrogen) atoms. The number of aryl methyl sites for hydroxylation is 2. The van der Waals surface area contributed by atoms with Crippen molar-refractivity contribution in [2.45, 2.75) is 38.8 Å². The number of benzene rings is 1. The minimum Gasteiger partial charge on any atom is -0.377 e. The fraction of sp³-hybridized carbons (Fsp3) is 0.353. The second-order valence-corrected chi connectivity index (χ2v) is 5.53. The lowest BCUT2D eigenvalue weighted by Crippen LogP contribution is -2.19. The van der Waals surface area contributed by atoms with Crippen LogP contribution < -0.4 is 10.9 Å². The second-order valence-electron chi connectivity index (χ2n) is 5.53. The smallest absolute Gasteiger partial charge is 0.250 e. The number of hydrogen-bond donors (Lipinski definition) is 1. The van der Waals surface area contributed by atoms with Crippen LogP contribution in [0.1, 0.15) is 36.9 Å². The fourth-order valence-electron chi connectivity index (χ4n) is 2.97. The molecule has 3 rings (SSSR count). The van der Waals surface area contributed by atoms with Crippen LogP contribution in [0.15, 0.2) is 41.3 Å². The van der Waals surface area contributed by atoms with Gasteiger partial charge in [-0.3, -0.25) is 4.79 Å². The Morgan fingerprint density at radius 2 is 2.19 bits per heavy atom. The number of nitrogens with one attached hydrogen (secondary N) is 1. The first-order valence-corrected chi connectivity index (χ1v) is 7.42. The molecule has 0 radical (unpaired) electrons. The molecular weight excluding hydrogens is 267 g/mol. The molecule has 0 aliphatic heterocycles. The zero-order valence-corrected chi connectivity index (χ0v) is 12.1. The SMILES string of the molecule is CCCn1cc(NC2CCc3cc(F)ccc32)ccc1=O. The van der Waals surface area contributed by atoms with Crippen molar-refractivity contribution < 1.29 is 4.39 Å². The topological polar surface area (TPSA) is 34.0 Å². The van der Waals surface area contributed by atoms with Crippen molar-refractivity contribution in [3.05, 3.63) is 63.8 Å². The second kappa shape index (κ2) is 5.72. The Kier molecular flexibility index (Phi) is 3.78. The normalized spacial score (nSPS) is 16.8. The molecule has 1 N–H and O–H groups in total. The van der Waals surface area contributed by atoms with Crippen molar-refractivity contribution in [1.29, 1.82) is 0 Å². The summed E-state index contributed by atoms with van der Waals surface area (Å²) in [5, 5.41) is 3.46. The molecule has 2 aromatic rings. The van der Waals surface area contributed by atoms with Gasteiger partial charge in [0.1, 0.15) is 5.82 Å². The van der Waals surface area contributed by atoms with Crippen LogP contribution in [0, 0.1) is 5.82 Å². The predicted octanol–water partition coefficient (Wildman–Crippen LogP) is 3.50. The van der Waals surface area contributed by atoms with Gasteiger partial charge in [-0.1, -0.05) is 13.0 Å². The van der Waals surface area contributed by atoms with Crippen LogP contribution in [-0.4, -0.2) is 4.57 Å². The molecule has 0 bridgehead atoms. The van der Waals surface area contributed by atoms with E-state index in [9.17, 15) is 9.18 Å². The Labute approximate surface area is 123 Å². The van der Waals surface area contributed by atoms with E-state index in [4.69, 9.17) is 0 Å². The molecule has 110 valence electrons. The lowest BCUT2D eigenvalue weighted by Gasteiger charge is -2.16. The molecule has 1 aliphatic rings. The molecule has 0 amide bonds. The van der Waals surface area contributed by atoms with Gasteiger partial charge < -0.3 is 9.88 Å². The summed E-state index contributed by atoms with van der Waals surface area (Å²) in [4.78, 5) is 11.7. The van der Waals surface area contributed by atoms with Crippen molar-refractivity contribution in [1.82, 2.24) is 4.57 Å². The summed E-state index contributed by atoms with van der Waals surface area (Å²) in [5.74, 6) is -0.175. The summed E-state index contributed by atoms with van der Waals surface area (Å²) in [6.07, 6.45) is 4.63. The van der Waals surface area contributed by atoms with E-state index in [0.717, 1.165) is 42.6 Å². The maximum absolute atomic E-state index is 13.2. The summed E-state index contributed by atoms with van der Waals surface area (Å²) in [7, 11) is 0. The minimum atomic E-state index is -0.175. The van der Waals surface area contributed by atoms with Gasteiger partial charge in [0.15, 0.2) is 0 Å². The fourth-order valence-corrected chi connectivity index (χ4v) is 2.97.